The summed E-state index contributed by atoms with van der Waals surface area (Å²) in [6.45, 7) is 0.553. The minimum absolute atomic E-state index is 0.0836. The van der Waals surface area contributed by atoms with E-state index in [1.165, 1.54) is 22.5 Å². The number of carbonyl (C=O) groups is 1. The Labute approximate surface area is 166 Å². The molecule has 4 rings (SSSR count). The summed E-state index contributed by atoms with van der Waals surface area (Å²) < 4.78 is 40.5. The number of hydrogen-bond donors (Lipinski definition) is 1. The van der Waals surface area contributed by atoms with Crippen molar-refractivity contribution in [1.29, 1.82) is 0 Å². The zero-order chi connectivity index (χ0) is 19.9. The van der Waals surface area contributed by atoms with Crippen LogP contribution in [0.15, 0.2) is 53.4 Å². The van der Waals surface area contributed by atoms with Crippen LogP contribution in [0.3, 0.4) is 0 Å². The second-order valence-corrected chi connectivity index (χ2v) is 8.77. The smallest absolute Gasteiger partial charge is 0.271 e. The maximum absolute atomic E-state index is 13.9. The van der Waals surface area contributed by atoms with E-state index in [-0.39, 0.29) is 42.7 Å². The van der Waals surface area contributed by atoms with E-state index < -0.39 is 15.8 Å². The first kappa shape index (κ1) is 18.9. The molecule has 0 spiro atoms. The molecule has 6 nitrogen and oxygen atoms in total. The Bertz CT molecular complexity index is 1150. The minimum atomic E-state index is -3.95. The van der Waals surface area contributed by atoms with Gasteiger partial charge in [0.25, 0.3) is 5.91 Å². The number of amides is 1. The summed E-state index contributed by atoms with van der Waals surface area (Å²) in [5.41, 5.74) is 1.05. The number of fused-ring (bicyclic) bond motifs is 1. The van der Waals surface area contributed by atoms with Gasteiger partial charge in [-0.25, -0.2) is 12.8 Å². The molecular formula is C19H17ClFN3O3S. The molecule has 1 aliphatic rings. The van der Waals surface area contributed by atoms with Crippen LogP contribution in [0.4, 0.5) is 4.39 Å². The fourth-order valence-corrected chi connectivity index (χ4v) is 5.12. The number of rotatable bonds is 3. The summed E-state index contributed by atoms with van der Waals surface area (Å²) in [6, 6.07) is 12.6. The van der Waals surface area contributed by atoms with Gasteiger partial charge in [0.2, 0.25) is 10.0 Å². The van der Waals surface area contributed by atoms with Gasteiger partial charge >= 0.3 is 0 Å². The fourth-order valence-electron chi connectivity index (χ4n) is 3.34. The molecule has 0 bridgehead atoms. The molecule has 3 aromatic rings. The first-order chi connectivity index (χ1) is 13.4. The number of benzene rings is 2. The van der Waals surface area contributed by atoms with Gasteiger partial charge < -0.3 is 9.88 Å². The van der Waals surface area contributed by atoms with Crippen LogP contribution < -0.4 is 0 Å². The number of nitrogens with zero attached hydrogens (tertiary/aromatic N) is 2. The molecule has 28 heavy (non-hydrogen) atoms. The lowest BCUT2D eigenvalue weighted by Gasteiger charge is -2.33. The lowest BCUT2D eigenvalue weighted by molar-refractivity contribution is 0.0693. The van der Waals surface area contributed by atoms with Crippen molar-refractivity contribution >= 4 is 38.4 Å². The number of aromatic nitrogens is 1. The third-order valence-corrected chi connectivity index (χ3v) is 7.16. The molecule has 0 atom stereocenters. The van der Waals surface area contributed by atoms with Crippen LogP contribution >= 0.6 is 11.6 Å². The van der Waals surface area contributed by atoms with Crippen molar-refractivity contribution < 1.29 is 17.6 Å². The van der Waals surface area contributed by atoms with Gasteiger partial charge in [-0.3, -0.25) is 4.79 Å². The highest BCUT2D eigenvalue weighted by atomic mass is 35.5. The van der Waals surface area contributed by atoms with Crippen LogP contribution in [0.2, 0.25) is 5.02 Å². The molecule has 2 aromatic carbocycles. The Morgan fingerprint density at radius 3 is 2.32 bits per heavy atom. The van der Waals surface area contributed by atoms with Gasteiger partial charge in [0.05, 0.1) is 5.02 Å². The van der Waals surface area contributed by atoms with Gasteiger partial charge in [-0.15, -0.1) is 0 Å². The number of halogens is 2. The molecule has 2 heterocycles. The largest absolute Gasteiger partial charge is 0.349 e. The molecule has 1 aliphatic heterocycles. The highest BCUT2D eigenvalue weighted by Gasteiger charge is 2.33. The van der Waals surface area contributed by atoms with Crippen LogP contribution in [0.5, 0.6) is 0 Å². The van der Waals surface area contributed by atoms with Gasteiger partial charge in [0.1, 0.15) is 16.4 Å². The first-order valence-electron chi connectivity index (χ1n) is 8.70. The number of para-hydroxylation sites is 1. The summed E-state index contributed by atoms with van der Waals surface area (Å²) in [4.78, 5) is 17.1. The molecule has 0 saturated carbocycles. The van der Waals surface area contributed by atoms with Crippen LogP contribution in [-0.2, 0) is 10.0 Å². The molecular weight excluding hydrogens is 405 g/mol. The molecule has 1 N–H and O–H groups in total. The third-order valence-electron chi connectivity index (χ3n) is 4.84. The summed E-state index contributed by atoms with van der Waals surface area (Å²) in [6.07, 6.45) is 0. The molecule has 1 saturated heterocycles. The van der Waals surface area contributed by atoms with Crippen molar-refractivity contribution in [2.24, 2.45) is 0 Å². The van der Waals surface area contributed by atoms with Crippen molar-refractivity contribution in [3.63, 3.8) is 0 Å². The highest BCUT2D eigenvalue weighted by Crippen LogP contribution is 2.28. The molecule has 0 unspecified atom stereocenters. The topological polar surface area (TPSA) is 73.5 Å². The second kappa shape index (κ2) is 7.20. The molecule has 0 aliphatic carbocycles. The average Bonchev–Trinajstić information content (AvgIpc) is 3.04. The fraction of sp³-hybridized carbons (Fsp3) is 0.211. The lowest BCUT2D eigenvalue weighted by atomic mass is 10.2. The third kappa shape index (κ3) is 3.17. The highest BCUT2D eigenvalue weighted by molar-refractivity contribution is 7.89. The van der Waals surface area contributed by atoms with Crippen molar-refractivity contribution in [2.45, 2.75) is 4.90 Å². The molecule has 1 aromatic heterocycles. The van der Waals surface area contributed by atoms with E-state index in [1.54, 1.807) is 4.90 Å². The van der Waals surface area contributed by atoms with Crippen LogP contribution in [-0.4, -0.2) is 54.7 Å². The maximum atomic E-state index is 13.9. The summed E-state index contributed by atoms with van der Waals surface area (Å²) in [7, 11) is -3.95. The first-order valence-corrected chi connectivity index (χ1v) is 10.5. The van der Waals surface area contributed by atoms with Crippen molar-refractivity contribution in [3.05, 3.63) is 65.1 Å². The number of hydrogen-bond acceptors (Lipinski definition) is 3. The van der Waals surface area contributed by atoms with Crippen LogP contribution in [0, 0.1) is 5.82 Å². The quantitative estimate of drug-likeness (QED) is 0.706. The van der Waals surface area contributed by atoms with E-state index in [2.05, 4.69) is 4.98 Å². The van der Waals surface area contributed by atoms with Gasteiger partial charge in [-0.2, -0.15) is 4.31 Å². The predicted octanol–water partition coefficient (Wildman–Crippen LogP) is 3.11. The van der Waals surface area contributed by atoms with E-state index >= 15 is 0 Å². The molecule has 146 valence electrons. The standard InChI is InChI=1S/C19H17ClFN3O3S/c20-17-13-5-1-3-7-15(13)22-18(17)19(25)23-9-11-24(12-10-23)28(26,27)16-8-4-2-6-14(16)21/h1-8,22H,9-12H2. The molecule has 1 fully saturated rings. The molecule has 9 heteroatoms. The Hall–Kier alpha value is -2.42. The minimum Gasteiger partial charge on any atom is -0.349 e. The second-order valence-electron chi connectivity index (χ2n) is 6.49. The average molecular weight is 422 g/mol. The number of sulfonamides is 1. The molecule has 0 radical (unpaired) electrons. The number of piperazine rings is 1. The Balaban J connectivity index is 1.51. The van der Waals surface area contributed by atoms with E-state index in [9.17, 15) is 17.6 Å². The van der Waals surface area contributed by atoms with Gasteiger partial charge in [0.15, 0.2) is 0 Å². The number of carbonyl (C=O) groups excluding carboxylic acids is 1. The van der Waals surface area contributed by atoms with Gasteiger partial charge in [0, 0.05) is 37.1 Å². The predicted molar refractivity (Wildman–Crippen MR) is 104 cm³/mol. The van der Waals surface area contributed by atoms with E-state index in [0.29, 0.717) is 5.02 Å². The Kier molecular flexibility index (Phi) is 4.86. The van der Waals surface area contributed by atoms with Crippen molar-refractivity contribution in [2.75, 3.05) is 26.2 Å². The number of aromatic amines is 1. The normalized spacial score (nSPS) is 15.9. The summed E-state index contributed by atoms with van der Waals surface area (Å²) >= 11 is 6.34. The SMILES string of the molecule is O=C(c1[nH]c2ccccc2c1Cl)N1CCN(S(=O)(=O)c2ccccc2F)CC1. The maximum Gasteiger partial charge on any atom is 0.271 e. The van der Waals surface area contributed by atoms with Gasteiger partial charge in [-0.05, 0) is 18.2 Å². The Morgan fingerprint density at radius 1 is 1.00 bits per heavy atom. The zero-order valence-corrected chi connectivity index (χ0v) is 16.3. The van der Waals surface area contributed by atoms with Crippen molar-refractivity contribution in [1.82, 2.24) is 14.2 Å². The van der Waals surface area contributed by atoms with Crippen LogP contribution in [0.25, 0.3) is 10.9 Å². The molecule has 1 amide bonds. The number of nitrogens with one attached hydrogen (secondary N) is 1. The summed E-state index contributed by atoms with van der Waals surface area (Å²) in [5.74, 6) is -1.07. The van der Waals surface area contributed by atoms with E-state index in [1.807, 2.05) is 24.3 Å². The van der Waals surface area contributed by atoms with E-state index in [4.69, 9.17) is 11.6 Å². The van der Waals surface area contributed by atoms with Crippen molar-refractivity contribution in [3.8, 4) is 0 Å². The lowest BCUT2D eigenvalue weighted by Crippen LogP contribution is -2.50. The zero-order valence-electron chi connectivity index (χ0n) is 14.7. The monoisotopic (exact) mass is 421 g/mol. The van der Waals surface area contributed by atoms with Gasteiger partial charge in [-0.1, -0.05) is 41.9 Å². The number of H-pyrrole nitrogens is 1. The summed E-state index contributed by atoms with van der Waals surface area (Å²) in [5, 5.41) is 1.11. The van der Waals surface area contributed by atoms with Crippen LogP contribution in [0.1, 0.15) is 10.5 Å². The Morgan fingerprint density at radius 2 is 1.64 bits per heavy atom. The van der Waals surface area contributed by atoms with E-state index in [0.717, 1.165) is 17.0 Å².